The molecule has 5 heteroatoms. The summed E-state index contributed by atoms with van der Waals surface area (Å²) in [6.07, 6.45) is 0.248. The average molecular weight is 340 g/mol. The van der Waals surface area contributed by atoms with Crippen molar-refractivity contribution in [3.63, 3.8) is 0 Å². The second kappa shape index (κ2) is 8.03. The fourth-order valence-electron chi connectivity index (χ4n) is 3.17. The van der Waals surface area contributed by atoms with E-state index in [1.54, 1.807) is 18.2 Å². The van der Waals surface area contributed by atoms with E-state index in [1.807, 2.05) is 25.1 Å². The zero-order chi connectivity index (χ0) is 17.6. The van der Waals surface area contributed by atoms with E-state index < -0.39 is 0 Å². The molecule has 0 bridgehead atoms. The number of ether oxygens (including phenoxy) is 1. The van der Waals surface area contributed by atoms with Crippen molar-refractivity contribution in [1.29, 1.82) is 0 Å². The molecule has 0 radical (unpaired) electrons. The number of benzene rings is 2. The predicted octanol–water partition coefficient (Wildman–Crippen LogP) is 2.65. The van der Waals surface area contributed by atoms with Crippen LogP contribution in [0.15, 0.2) is 48.5 Å². The van der Waals surface area contributed by atoms with Gasteiger partial charge in [0.15, 0.2) is 0 Å². The lowest BCUT2D eigenvalue weighted by Crippen LogP contribution is -2.37. The molecule has 3 rings (SSSR count). The van der Waals surface area contributed by atoms with Crippen LogP contribution in [0.2, 0.25) is 0 Å². The maximum atomic E-state index is 12.4. The van der Waals surface area contributed by atoms with Crippen molar-refractivity contribution in [3.8, 4) is 5.75 Å². The highest BCUT2D eigenvalue weighted by Gasteiger charge is 2.19. The Balaban J connectivity index is 1.68. The largest absolute Gasteiger partial charge is 0.508 e. The highest BCUT2D eigenvalue weighted by atomic mass is 16.5. The minimum Gasteiger partial charge on any atom is -0.508 e. The normalized spacial score (nSPS) is 15.6. The van der Waals surface area contributed by atoms with Gasteiger partial charge >= 0.3 is 0 Å². The molecule has 1 fully saturated rings. The minimum atomic E-state index is -0.0937. The van der Waals surface area contributed by atoms with Crippen molar-refractivity contribution in [2.24, 2.45) is 0 Å². The number of nitrogens with one attached hydrogen (secondary N) is 1. The molecule has 1 amide bonds. The maximum absolute atomic E-state index is 12.4. The standard InChI is InChI=1S/C20H24N2O3/c1-15(21-20(24)14-16-5-4-6-17(23)13-16)18-7-2-3-8-19(18)22-9-11-25-12-10-22/h2-8,13,15,23H,9-12,14H2,1H3,(H,21,24). The number of phenolic OH excluding ortho intramolecular Hbond substituents is 1. The third kappa shape index (κ3) is 4.51. The van der Waals surface area contributed by atoms with Crippen LogP contribution < -0.4 is 10.2 Å². The number of carbonyl (C=O) groups excluding carboxylic acids is 1. The number of aromatic hydroxyl groups is 1. The van der Waals surface area contributed by atoms with E-state index >= 15 is 0 Å². The Kier molecular flexibility index (Phi) is 5.56. The van der Waals surface area contributed by atoms with Crippen molar-refractivity contribution in [1.82, 2.24) is 5.32 Å². The molecular formula is C20H24N2O3. The molecule has 2 aromatic rings. The predicted molar refractivity (Wildman–Crippen MR) is 97.8 cm³/mol. The van der Waals surface area contributed by atoms with Crippen LogP contribution in [-0.4, -0.2) is 37.3 Å². The van der Waals surface area contributed by atoms with Crippen molar-refractivity contribution in [3.05, 3.63) is 59.7 Å². The summed E-state index contributed by atoms with van der Waals surface area (Å²) in [4.78, 5) is 14.7. The van der Waals surface area contributed by atoms with Gasteiger partial charge in [0, 0.05) is 18.8 Å². The molecular weight excluding hydrogens is 316 g/mol. The van der Waals surface area contributed by atoms with Gasteiger partial charge in [0.2, 0.25) is 5.91 Å². The fraction of sp³-hybridized carbons (Fsp3) is 0.350. The van der Waals surface area contributed by atoms with E-state index in [2.05, 4.69) is 22.3 Å². The monoisotopic (exact) mass is 340 g/mol. The molecule has 0 aliphatic carbocycles. The van der Waals surface area contributed by atoms with Crippen LogP contribution in [0.4, 0.5) is 5.69 Å². The summed E-state index contributed by atoms with van der Waals surface area (Å²) in [7, 11) is 0. The Morgan fingerprint density at radius 2 is 1.96 bits per heavy atom. The molecule has 1 unspecified atom stereocenters. The fourth-order valence-corrected chi connectivity index (χ4v) is 3.17. The van der Waals surface area contributed by atoms with Crippen LogP contribution in [0.1, 0.15) is 24.1 Å². The molecule has 1 atom stereocenters. The molecule has 2 aromatic carbocycles. The van der Waals surface area contributed by atoms with Gasteiger partial charge in [-0.2, -0.15) is 0 Å². The summed E-state index contributed by atoms with van der Waals surface area (Å²) in [6.45, 7) is 5.18. The Labute approximate surface area is 148 Å². The van der Waals surface area contributed by atoms with Crippen LogP contribution in [0.3, 0.4) is 0 Å². The Morgan fingerprint density at radius 3 is 2.72 bits per heavy atom. The Bertz CT molecular complexity index is 726. The molecule has 1 aliphatic heterocycles. The van der Waals surface area contributed by atoms with Crippen LogP contribution in [0.5, 0.6) is 5.75 Å². The molecule has 1 heterocycles. The smallest absolute Gasteiger partial charge is 0.224 e. The average Bonchev–Trinajstić information content (AvgIpc) is 2.62. The second-order valence-electron chi connectivity index (χ2n) is 6.29. The number of anilines is 1. The van der Waals surface area contributed by atoms with E-state index in [4.69, 9.17) is 4.74 Å². The molecule has 0 aromatic heterocycles. The van der Waals surface area contributed by atoms with Crippen molar-refractivity contribution in [2.45, 2.75) is 19.4 Å². The molecule has 0 saturated carbocycles. The first-order valence-electron chi connectivity index (χ1n) is 8.62. The van der Waals surface area contributed by atoms with Gasteiger partial charge in [-0.3, -0.25) is 4.79 Å². The zero-order valence-electron chi connectivity index (χ0n) is 14.4. The van der Waals surface area contributed by atoms with Gasteiger partial charge < -0.3 is 20.1 Å². The topological polar surface area (TPSA) is 61.8 Å². The third-order valence-corrected chi connectivity index (χ3v) is 4.41. The number of hydrogen-bond donors (Lipinski definition) is 2. The lowest BCUT2D eigenvalue weighted by molar-refractivity contribution is -0.121. The molecule has 2 N–H and O–H groups in total. The van der Waals surface area contributed by atoms with E-state index in [9.17, 15) is 9.90 Å². The molecule has 132 valence electrons. The number of para-hydroxylation sites is 1. The summed E-state index contributed by atoms with van der Waals surface area (Å²) in [5.74, 6) is 0.117. The van der Waals surface area contributed by atoms with Gasteiger partial charge in [-0.25, -0.2) is 0 Å². The van der Waals surface area contributed by atoms with Crippen molar-refractivity contribution >= 4 is 11.6 Å². The van der Waals surface area contributed by atoms with Crippen LogP contribution >= 0.6 is 0 Å². The van der Waals surface area contributed by atoms with Gasteiger partial charge in [-0.1, -0.05) is 30.3 Å². The number of hydrogen-bond acceptors (Lipinski definition) is 4. The van der Waals surface area contributed by atoms with Crippen molar-refractivity contribution < 1.29 is 14.6 Å². The lowest BCUT2D eigenvalue weighted by Gasteiger charge is -2.32. The number of carbonyl (C=O) groups is 1. The first-order valence-corrected chi connectivity index (χ1v) is 8.62. The van der Waals surface area contributed by atoms with Crippen LogP contribution in [-0.2, 0) is 16.0 Å². The number of phenols is 1. The molecule has 0 spiro atoms. The van der Waals surface area contributed by atoms with Gasteiger partial charge in [-0.05, 0) is 36.2 Å². The maximum Gasteiger partial charge on any atom is 0.224 e. The van der Waals surface area contributed by atoms with Crippen molar-refractivity contribution in [2.75, 3.05) is 31.2 Å². The second-order valence-corrected chi connectivity index (χ2v) is 6.29. The Hall–Kier alpha value is -2.53. The van der Waals surface area contributed by atoms with E-state index in [0.29, 0.717) is 0 Å². The lowest BCUT2D eigenvalue weighted by atomic mass is 10.0. The first kappa shape index (κ1) is 17.3. The molecule has 1 saturated heterocycles. The third-order valence-electron chi connectivity index (χ3n) is 4.41. The quantitative estimate of drug-likeness (QED) is 0.878. The summed E-state index contributed by atoms with van der Waals surface area (Å²) in [6, 6.07) is 14.9. The van der Waals surface area contributed by atoms with Crippen LogP contribution in [0.25, 0.3) is 0 Å². The summed E-state index contributed by atoms with van der Waals surface area (Å²) in [5, 5.41) is 12.6. The van der Waals surface area contributed by atoms with E-state index in [1.165, 1.54) is 0 Å². The van der Waals surface area contributed by atoms with E-state index in [-0.39, 0.29) is 24.1 Å². The number of rotatable bonds is 5. The SMILES string of the molecule is CC(NC(=O)Cc1cccc(O)c1)c1ccccc1N1CCOCC1. The summed E-state index contributed by atoms with van der Waals surface area (Å²) < 4.78 is 5.43. The minimum absolute atomic E-state index is 0.0603. The molecule has 25 heavy (non-hydrogen) atoms. The molecule has 1 aliphatic rings. The number of amides is 1. The summed E-state index contributed by atoms with van der Waals surface area (Å²) in [5.41, 5.74) is 3.05. The number of nitrogens with zero attached hydrogens (tertiary/aromatic N) is 1. The van der Waals surface area contributed by atoms with Gasteiger partial charge in [0.1, 0.15) is 5.75 Å². The highest BCUT2D eigenvalue weighted by Crippen LogP contribution is 2.27. The van der Waals surface area contributed by atoms with Gasteiger partial charge in [0.05, 0.1) is 25.7 Å². The number of morpholine rings is 1. The van der Waals surface area contributed by atoms with Gasteiger partial charge in [0.25, 0.3) is 0 Å². The Morgan fingerprint density at radius 1 is 1.20 bits per heavy atom. The summed E-state index contributed by atoms with van der Waals surface area (Å²) >= 11 is 0. The van der Waals surface area contributed by atoms with Gasteiger partial charge in [-0.15, -0.1) is 0 Å². The molecule has 5 nitrogen and oxygen atoms in total. The van der Waals surface area contributed by atoms with E-state index in [0.717, 1.165) is 43.1 Å². The first-order chi connectivity index (χ1) is 12.1. The van der Waals surface area contributed by atoms with Crippen LogP contribution in [0, 0.1) is 0 Å². The highest BCUT2D eigenvalue weighted by molar-refractivity contribution is 5.79. The zero-order valence-corrected chi connectivity index (χ0v) is 14.4.